The van der Waals surface area contributed by atoms with E-state index < -0.39 is 19.4 Å². The number of hydrogen-bond donors (Lipinski definition) is 1. The van der Waals surface area contributed by atoms with Crippen molar-refractivity contribution in [1.82, 2.24) is 8.70 Å². The number of nitrogens with one attached hydrogen (secondary N) is 1. The van der Waals surface area contributed by atoms with Gasteiger partial charge in [-0.1, -0.05) is 0 Å². The van der Waals surface area contributed by atoms with Crippen molar-refractivity contribution in [3.05, 3.63) is 0 Å². The van der Waals surface area contributed by atoms with Crippen LogP contribution in [0.3, 0.4) is 0 Å². The fourth-order valence-corrected chi connectivity index (χ4v) is 2.39. The molecule has 13 heavy (non-hydrogen) atoms. The van der Waals surface area contributed by atoms with Crippen molar-refractivity contribution in [2.24, 2.45) is 0 Å². The third kappa shape index (κ3) is 9.48. The fraction of sp³-hybridized carbons (Fsp3) is 0.833. The number of halogens is 3. The van der Waals surface area contributed by atoms with Crippen LogP contribution in [0.1, 0.15) is 6.92 Å². The molecule has 0 radical (unpaired) electrons. The molecule has 0 bridgehead atoms. The summed E-state index contributed by atoms with van der Waals surface area (Å²) in [6.07, 6.45) is 0. The van der Waals surface area contributed by atoms with E-state index in [1.165, 1.54) is 0 Å². The second kappa shape index (κ2) is 11.3. The van der Waals surface area contributed by atoms with Gasteiger partial charge in [-0.2, -0.15) is 0 Å². The number of nitrogens with zero attached hydrogens (tertiary/aromatic N) is 1. The van der Waals surface area contributed by atoms with Gasteiger partial charge in [0.2, 0.25) is 0 Å². The molecule has 1 heterocycles. The van der Waals surface area contributed by atoms with E-state index in [0.717, 1.165) is 26.2 Å². The van der Waals surface area contributed by atoms with E-state index in [1.54, 1.807) is 6.92 Å². The van der Waals surface area contributed by atoms with Crippen LogP contribution in [0.15, 0.2) is 0 Å². The Morgan fingerprint density at radius 2 is 1.69 bits per heavy atom. The predicted octanol–water partition coefficient (Wildman–Crippen LogP) is 0.701. The number of piperazine rings is 1. The molecular weight excluding hydrogens is 270 g/mol. The third-order valence-electron chi connectivity index (χ3n) is 1.43. The zero-order valence-corrected chi connectivity index (χ0v) is 11.4. The van der Waals surface area contributed by atoms with Crippen LogP contribution < -0.4 is 5.32 Å². The van der Waals surface area contributed by atoms with Crippen LogP contribution in [0.5, 0.6) is 0 Å². The van der Waals surface area contributed by atoms with E-state index >= 15 is 0 Å². The summed E-state index contributed by atoms with van der Waals surface area (Å²) in [6.45, 7) is 5.94. The predicted molar refractivity (Wildman–Crippen MR) is 56.9 cm³/mol. The van der Waals surface area contributed by atoms with Gasteiger partial charge in [0.1, 0.15) is 0 Å². The van der Waals surface area contributed by atoms with Crippen molar-refractivity contribution in [1.29, 1.82) is 0 Å². The molecule has 3 nitrogen and oxygen atoms in total. The Labute approximate surface area is 107 Å². The van der Waals surface area contributed by atoms with Gasteiger partial charge in [-0.3, -0.25) is 0 Å². The molecule has 0 saturated carbocycles. The Bertz CT molecular complexity index is 133. The van der Waals surface area contributed by atoms with Crippen LogP contribution in [0.2, 0.25) is 0 Å². The zero-order valence-electron chi connectivity index (χ0n) is 7.41. The molecular formula is C6H15Cl3N2OTi. The third-order valence-corrected chi connectivity index (χ3v) is 3.12. The second-order valence-corrected chi connectivity index (χ2v) is 4.84. The zero-order chi connectivity index (χ0) is 7.40. The van der Waals surface area contributed by atoms with Crippen LogP contribution in [-0.4, -0.2) is 33.6 Å². The molecule has 0 atom stereocenters. The Morgan fingerprint density at radius 3 is 2.08 bits per heavy atom. The second-order valence-electron chi connectivity index (χ2n) is 2.41. The van der Waals surface area contributed by atoms with Gasteiger partial charge >= 0.3 is 70.1 Å². The SMILES string of the molecule is C[C](=O)[Ti][N]1CCNCC1.Cl.Cl.Cl. The number of carbonyl (C=O) groups excluding carboxylic acids is 1. The Kier molecular flexibility index (Phi) is 17.1. The monoisotopic (exact) mass is 284 g/mol. The van der Waals surface area contributed by atoms with E-state index in [-0.39, 0.29) is 37.2 Å². The molecule has 1 fully saturated rings. The quantitative estimate of drug-likeness (QED) is 0.758. The molecule has 0 aromatic rings. The van der Waals surface area contributed by atoms with Crippen LogP contribution >= 0.6 is 37.2 Å². The minimum Gasteiger partial charge on any atom is -0.147 e. The van der Waals surface area contributed by atoms with Crippen LogP contribution in [0, 0.1) is 0 Å². The number of carbonyl (C=O) groups is 1. The van der Waals surface area contributed by atoms with Crippen molar-refractivity contribution in [2.45, 2.75) is 6.92 Å². The van der Waals surface area contributed by atoms with Gasteiger partial charge in [0, 0.05) is 0 Å². The standard InChI is InChI=1S/C4H9N2.C2H3O.3ClH.Ti/c1-2-6-4-3-5-1;1-2-3;;;;/h5H,1-4H2;1H3;3*1H;/q-1;;;;;+1. The largest absolute Gasteiger partial charge is 0.147 e. The Balaban J connectivity index is -0.000000333. The van der Waals surface area contributed by atoms with Crippen LogP contribution in [0.4, 0.5) is 0 Å². The summed E-state index contributed by atoms with van der Waals surface area (Å²) in [5.74, 6) is 0. The average Bonchev–Trinajstić information content (AvgIpc) is 1.88. The molecule has 80 valence electrons. The summed E-state index contributed by atoms with van der Waals surface area (Å²) in [5, 5.41) is 3.25. The minimum atomic E-state index is -0.428. The molecule has 0 aromatic heterocycles. The molecule has 7 heteroatoms. The van der Waals surface area contributed by atoms with Crippen molar-refractivity contribution in [2.75, 3.05) is 26.2 Å². The Hall–Kier alpha value is 1.17. The summed E-state index contributed by atoms with van der Waals surface area (Å²) in [4.78, 5) is 10.7. The smallest absolute Gasteiger partial charge is 0.147 e. The summed E-state index contributed by atoms with van der Waals surface area (Å²) < 4.78 is 2.70. The Morgan fingerprint density at radius 1 is 1.23 bits per heavy atom. The first-order chi connectivity index (χ1) is 4.79. The molecule has 1 saturated heterocycles. The van der Waals surface area contributed by atoms with Crippen LogP contribution in [0.25, 0.3) is 0 Å². The molecule has 0 amide bonds. The minimum absolute atomic E-state index is 0. The maximum atomic E-state index is 10.7. The van der Waals surface area contributed by atoms with E-state index in [1.807, 2.05) is 0 Å². The molecule has 0 aliphatic carbocycles. The fourth-order valence-electron chi connectivity index (χ4n) is 0.999. The topological polar surface area (TPSA) is 32.3 Å². The summed E-state index contributed by atoms with van der Waals surface area (Å²) >= 11 is -0.428. The van der Waals surface area contributed by atoms with Crippen molar-refractivity contribution >= 4 is 41.3 Å². The first-order valence-corrected chi connectivity index (χ1v) is 5.00. The molecule has 1 aliphatic rings. The van der Waals surface area contributed by atoms with E-state index in [2.05, 4.69) is 8.70 Å². The van der Waals surface area contributed by atoms with Gasteiger partial charge in [0.15, 0.2) is 0 Å². The maximum absolute atomic E-state index is 10.7. The van der Waals surface area contributed by atoms with Crippen molar-refractivity contribution in [3.8, 4) is 0 Å². The molecule has 1 rings (SSSR count). The van der Waals surface area contributed by atoms with E-state index in [9.17, 15) is 4.79 Å². The van der Waals surface area contributed by atoms with Gasteiger partial charge in [0.25, 0.3) is 0 Å². The van der Waals surface area contributed by atoms with Gasteiger partial charge in [-0.15, -0.1) is 37.2 Å². The van der Waals surface area contributed by atoms with Crippen molar-refractivity contribution < 1.29 is 24.2 Å². The molecule has 1 N–H and O–H groups in total. The summed E-state index contributed by atoms with van der Waals surface area (Å²) in [5.41, 5.74) is 0. The molecule has 0 aromatic carbocycles. The number of rotatable bonds is 2. The first-order valence-electron chi connectivity index (χ1n) is 3.52. The molecule has 1 aliphatic heterocycles. The average molecular weight is 285 g/mol. The molecule has 0 spiro atoms. The number of hydrogen-bond acceptors (Lipinski definition) is 3. The van der Waals surface area contributed by atoms with Crippen molar-refractivity contribution in [3.63, 3.8) is 0 Å². The molecule has 0 unspecified atom stereocenters. The van der Waals surface area contributed by atoms with E-state index in [0.29, 0.717) is 4.09 Å². The van der Waals surface area contributed by atoms with Gasteiger partial charge in [-0.05, 0) is 0 Å². The van der Waals surface area contributed by atoms with Gasteiger partial charge in [-0.25, -0.2) is 0 Å². The van der Waals surface area contributed by atoms with Gasteiger partial charge in [0.05, 0.1) is 0 Å². The summed E-state index contributed by atoms with van der Waals surface area (Å²) in [7, 11) is 0. The van der Waals surface area contributed by atoms with Crippen LogP contribution in [-0.2, 0) is 24.2 Å². The maximum Gasteiger partial charge on any atom is -0.147 e. The first kappa shape index (κ1) is 19.7. The van der Waals surface area contributed by atoms with Gasteiger partial charge < -0.3 is 0 Å². The van der Waals surface area contributed by atoms with E-state index in [4.69, 9.17) is 0 Å². The summed E-state index contributed by atoms with van der Waals surface area (Å²) in [6, 6.07) is 0. The normalized spacial score (nSPS) is 15.8.